The zero-order valence-corrected chi connectivity index (χ0v) is 18.7. The third kappa shape index (κ3) is 6.69. The van der Waals surface area contributed by atoms with Crippen LogP contribution in [0.1, 0.15) is 30.4 Å². The number of hydrogen-bond acceptors (Lipinski definition) is 6. The van der Waals surface area contributed by atoms with Crippen molar-refractivity contribution in [3.05, 3.63) is 83.0 Å². The van der Waals surface area contributed by atoms with Crippen LogP contribution in [0, 0.1) is 5.92 Å². The molecule has 0 atom stereocenters. The van der Waals surface area contributed by atoms with Gasteiger partial charge in [-0.3, -0.25) is 0 Å². The van der Waals surface area contributed by atoms with Crippen molar-refractivity contribution < 1.29 is 9.57 Å². The highest BCUT2D eigenvalue weighted by Crippen LogP contribution is 2.24. The van der Waals surface area contributed by atoms with Gasteiger partial charge in [0.05, 0.1) is 12.8 Å². The molecular weight excluding hydrogens is 424 g/mol. The molecule has 32 heavy (non-hydrogen) atoms. The van der Waals surface area contributed by atoms with E-state index in [1.165, 1.54) is 0 Å². The first-order chi connectivity index (χ1) is 15.8. The molecule has 1 aromatic heterocycles. The summed E-state index contributed by atoms with van der Waals surface area (Å²) in [6.07, 6.45) is 5.03. The summed E-state index contributed by atoms with van der Waals surface area (Å²) in [6, 6.07) is 21.6. The van der Waals surface area contributed by atoms with Gasteiger partial charge in [-0.15, -0.1) is 10.2 Å². The van der Waals surface area contributed by atoms with Crippen LogP contribution in [0.2, 0.25) is 5.15 Å². The van der Waals surface area contributed by atoms with Crippen molar-refractivity contribution in [3.63, 3.8) is 0 Å². The van der Waals surface area contributed by atoms with Gasteiger partial charge in [0.25, 0.3) is 0 Å². The number of hydrogen-bond donors (Lipinski definition) is 0. The second kappa shape index (κ2) is 11.5. The molecule has 3 aromatic rings. The summed E-state index contributed by atoms with van der Waals surface area (Å²) in [4.78, 5) is 7.62. The van der Waals surface area contributed by atoms with Crippen LogP contribution in [-0.4, -0.2) is 36.1 Å². The Bertz CT molecular complexity index is 973. The molecular formula is C25H27ClN4O2. The monoisotopic (exact) mass is 450 g/mol. The molecule has 1 fully saturated rings. The number of anilines is 1. The molecule has 1 aliphatic rings. The summed E-state index contributed by atoms with van der Waals surface area (Å²) in [7, 11) is 0. The van der Waals surface area contributed by atoms with Crippen LogP contribution in [0.15, 0.2) is 71.9 Å². The molecule has 0 spiro atoms. The third-order valence-electron chi connectivity index (χ3n) is 5.58. The van der Waals surface area contributed by atoms with Crippen molar-refractivity contribution >= 4 is 23.6 Å². The van der Waals surface area contributed by atoms with Crippen LogP contribution < -0.4 is 9.64 Å². The molecule has 0 aliphatic carbocycles. The maximum Gasteiger partial charge on any atom is 0.151 e. The second-order valence-corrected chi connectivity index (χ2v) is 8.23. The number of aromatic nitrogens is 2. The number of oxime groups is 1. The van der Waals surface area contributed by atoms with E-state index in [9.17, 15) is 0 Å². The lowest BCUT2D eigenvalue weighted by Crippen LogP contribution is -2.34. The van der Waals surface area contributed by atoms with E-state index >= 15 is 0 Å². The SMILES string of the molecule is Clc1ccc(N2CCC(CCOc3ccc(C=NOCc4ccccc4)cc3)CC2)nn1. The average molecular weight is 451 g/mol. The Balaban J connectivity index is 1.13. The second-order valence-electron chi connectivity index (χ2n) is 7.84. The number of ether oxygens (including phenoxy) is 1. The Hall–Kier alpha value is -3.12. The van der Waals surface area contributed by atoms with Crippen molar-refractivity contribution in [1.29, 1.82) is 0 Å². The average Bonchev–Trinajstić information content (AvgIpc) is 2.84. The minimum atomic E-state index is 0.428. The predicted octanol–water partition coefficient (Wildman–Crippen LogP) is 5.37. The van der Waals surface area contributed by atoms with E-state index in [1.54, 1.807) is 12.3 Å². The first-order valence-electron chi connectivity index (χ1n) is 10.9. The first-order valence-corrected chi connectivity index (χ1v) is 11.3. The molecule has 0 saturated carbocycles. The van der Waals surface area contributed by atoms with Crippen LogP contribution in [-0.2, 0) is 11.4 Å². The number of halogens is 1. The fourth-order valence-corrected chi connectivity index (χ4v) is 3.81. The highest BCUT2D eigenvalue weighted by atomic mass is 35.5. The van der Waals surface area contributed by atoms with E-state index < -0.39 is 0 Å². The number of rotatable bonds is 9. The summed E-state index contributed by atoms with van der Waals surface area (Å²) in [6.45, 7) is 3.16. The quantitative estimate of drug-likeness (QED) is 0.324. The molecule has 6 nitrogen and oxygen atoms in total. The normalized spacial score (nSPS) is 14.6. The number of piperidine rings is 1. The summed E-state index contributed by atoms with van der Waals surface area (Å²) in [5.74, 6) is 2.44. The maximum atomic E-state index is 5.95. The van der Waals surface area contributed by atoms with E-state index in [1.807, 2.05) is 60.7 Å². The lowest BCUT2D eigenvalue weighted by atomic mass is 9.94. The van der Waals surface area contributed by atoms with E-state index in [2.05, 4.69) is 20.3 Å². The Kier molecular flexibility index (Phi) is 7.93. The van der Waals surface area contributed by atoms with Crippen molar-refractivity contribution in [2.24, 2.45) is 11.1 Å². The Morgan fingerprint density at radius 3 is 2.47 bits per heavy atom. The van der Waals surface area contributed by atoms with Crippen LogP contribution in [0.3, 0.4) is 0 Å². The molecule has 0 N–H and O–H groups in total. The minimum absolute atomic E-state index is 0.428. The molecule has 1 aliphatic heterocycles. The molecule has 2 heterocycles. The van der Waals surface area contributed by atoms with Gasteiger partial charge < -0.3 is 14.5 Å². The van der Waals surface area contributed by atoms with Crippen molar-refractivity contribution in [2.45, 2.75) is 25.9 Å². The van der Waals surface area contributed by atoms with Gasteiger partial charge in [-0.05, 0) is 72.7 Å². The highest BCUT2D eigenvalue weighted by Gasteiger charge is 2.20. The maximum absolute atomic E-state index is 5.95. The zero-order valence-electron chi connectivity index (χ0n) is 17.9. The zero-order chi connectivity index (χ0) is 22.0. The van der Waals surface area contributed by atoms with E-state index in [0.717, 1.165) is 61.7 Å². The van der Waals surface area contributed by atoms with Gasteiger partial charge >= 0.3 is 0 Å². The Morgan fingerprint density at radius 2 is 1.75 bits per heavy atom. The van der Waals surface area contributed by atoms with Crippen molar-refractivity contribution in [2.75, 3.05) is 24.6 Å². The van der Waals surface area contributed by atoms with Crippen molar-refractivity contribution in [3.8, 4) is 5.75 Å². The molecule has 2 aromatic carbocycles. The first kappa shape index (κ1) is 22.1. The largest absolute Gasteiger partial charge is 0.494 e. The van der Waals surface area contributed by atoms with E-state index in [-0.39, 0.29) is 0 Å². The summed E-state index contributed by atoms with van der Waals surface area (Å²) in [5, 5.41) is 12.6. The van der Waals surface area contributed by atoms with Crippen molar-refractivity contribution in [1.82, 2.24) is 10.2 Å². The fraction of sp³-hybridized carbons (Fsp3) is 0.320. The number of benzene rings is 2. The van der Waals surface area contributed by atoms with Crippen LogP contribution in [0.4, 0.5) is 5.82 Å². The smallest absolute Gasteiger partial charge is 0.151 e. The van der Waals surface area contributed by atoms with Crippen LogP contribution in [0.5, 0.6) is 5.75 Å². The lowest BCUT2D eigenvalue weighted by Gasteiger charge is -2.32. The van der Waals surface area contributed by atoms with Crippen LogP contribution >= 0.6 is 11.6 Å². The molecule has 7 heteroatoms. The highest BCUT2D eigenvalue weighted by molar-refractivity contribution is 6.29. The molecule has 0 amide bonds. The minimum Gasteiger partial charge on any atom is -0.494 e. The lowest BCUT2D eigenvalue weighted by molar-refractivity contribution is 0.132. The molecule has 166 valence electrons. The molecule has 0 bridgehead atoms. The standard InChI is InChI=1S/C25H27ClN4O2/c26-24-10-11-25(29-28-24)30-15-12-20(13-16-30)14-17-31-23-8-6-21(7-9-23)18-27-32-19-22-4-2-1-3-5-22/h1-11,18,20H,12-17,19H2. The van der Waals surface area contributed by atoms with Gasteiger partial charge in [-0.25, -0.2) is 0 Å². The molecule has 4 rings (SSSR count). The fourth-order valence-electron chi connectivity index (χ4n) is 3.71. The Morgan fingerprint density at radius 1 is 0.969 bits per heavy atom. The summed E-state index contributed by atoms with van der Waals surface area (Å²) in [5.41, 5.74) is 2.07. The van der Waals surface area contributed by atoms with Gasteiger partial charge in [0.2, 0.25) is 0 Å². The van der Waals surface area contributed by atoms with Gasteiger partial charge in [-0.1, -0.05) is 47.1 Å². The van der Waals surface area contributed by atoms with Gasteiger partial charge in [0, 0.05) is 13.1 Å². The van der Waals surface area contributed by atoms with Gasteiger partial charge in [-0.2, -0.15) is 0 Å². The third-order valence-corrected chi connectivity index (χ3v) is 5.78. The van der Waals surface area contributed by atoms with E-state index in [0.29, 0.717) is 17.7 Å². The molecule has 0 radical (unpaired) electrons. The van der Waals surface area contributed by atoms with Gasteiger partial charge in [0.15, 0.2) is 11.0 Å². The van der Waals surface area contributed by atoms with E-state index in [4.69, 9.17) is 21.2 Å². The molecule has 0 unspecified atom stereocenters. The topological polar surface area (TPSA) is 59.8 Å². The number of nitrogens with zero attached hydrogens (tertiary/aromatic N) is 4. The molecule has 1 saturated heterocycles. The van der Waals surface area contributed by atoms with Gasteiger partial charge in [0.1, 0.15) is 12.4 Å². The summed E-state index contributed by atoms with van der Waals surface area (Å²) >= 11 is 5.82. The van der Waals surface area contributed by atoms with Crippen LogP contribution in [0.25, 0.3) is 0 Å². The summed E-state index contributed by atoms with van der Waals surface area (Å²) < 4.78 is 5.95. The Labute approximate surface area is 193 Å². The predicted molar refractivity (Wildman–Crippen MR) is 127 cm³/mol.